The van der Waals surface area contributed by atoms with Crippen molar-refractivity contribution in [2.75, 3.05) is 7.11 Å². The van der Waals surface area contributed by atoms with Gasteiger partial charge in [-0.05, 0) is 30.5 Å². The van der Waals surface area contributed by atoms with Crippen molar-refractivity contribution in [2.24, 2.45) is 5.73 Å². The Labute approximate surface area is 106 Å². The zero-order chi connectivity index (χ0) is 13.2. The number of amides is 1. The number of ether oxygens (including phenoxy) is 1. The monoisotopic (exact) mass is 251 g/mol. The zero-order valence-corrected chi connectivity index (χ0v) is 10.5. The fourth-order valence-electron chi connectivity index (χ4n) is 2.96. The van der Waals surface area contributed by atoms with Crippen molar-refractivity contribution in [3.63, 3.8) is 0 Å². The Bertz CT molecular complexity index is 432. The summed E-state index contributed by atoms with van der Waals surface area (Å²) in [7, 11) is 1.59. The first-order chi connectivity index (χ1) is 8.61. The van der Waals surface area contributed by atoms with Crippen LogP contribution in [-0.2, 0) is 14.9 Å². The lowest BCUT2D eigenvalue weighted by molar-refractivity contribution is -0.131. The molecule has 1 aliphatic carbocycles. The van der Waals surface area contributed by atoms with Gasteiger partial charge in [-0.15, -0.1) is 0 Å². The largest absolute Gasteiger partial charge is 0.380 e. The molecule has 0 bridgehead atoms. The number of hydrogen-bond acceptors (Lipinski definition) is 2. The minimum Gasteiger partial charge on any atom is -0.380 e. The molecule has 1 amide bonds. The molecule has 0 spiro atoms. The van der Waals surface area contributed by atoms with Gasteiger partial charge >= 0.3 is 0 Å². The molecule has 1 aliphatic rings. The molecule has 2 N–H and O–H groups in total. The van der Waals surface area contributed by atoms with E-state index in [-0.39, 0.29) is 17.8 Å². The van der Waals surface area contributed by atoms with Crippen molar-refractivity contribution >= 4 is 5.91 Å². The number of hydrogen-bond donors (Lipinski definition) is 1. The van der Waals surface area contributed by atoms with E-state index in [2.05, 4.69) is 0 Å². The van der Waals surface area contributed by atoms with Crippen LogP contribution < -0.4 is 5.73 Å². The summed E-state index contributed by atoms with van der Waals surface area (Å²) in [6.45, 7) is 0. The highest BCUT2D eigenvalue weighted by Crippen LogP contribution is 2.41. The van der Waals surface area contributed by atoms with Crippen LogP contribution in [0.1, 0.15) is 31.2 Å². The first kappa shape index (κ1) is 13.0. The first-order valence-electron chi connectivity index (χ1n) is 6.20. The highest BCUT2D eigenvalue weighted by molar-refractivity contribution is 5.87. The van der Waals surface area contributed by atoms with Crippen LogP contribution in [0.3, 0.4) is 0 Å². The fourth-order valence-corrected chi connectivity index (χ4v) is 2.96. The summed E-state index contributed by atoms with van der Waals surface area (Å²) in [5.41, 5.74) is 5.56. The van der Waals surface area contributed by atoms with E-state index < -0.39 is 5.41 Å². The molecular formula is C14H18FNO2. The molecule has 0 aromatic heterocycles. The Morgan fingerprint density at radius 3 is 2.61 bits per heavy atom. The van der Waals surface area contributed by atoms with Gasteiger partial charge in [-0.3, -0.25) is 4.79 Å². The lowest BCUT2D eigenvalue weighted by Crippen LogP contribution is -2.52. The van der Waals surface area contributed by atoms with Crippen LogP contribution >= 0.6 is 0 Å². The van der Waals surface area contributed by atoms with Crippen molar-refractivity contribution in [2.45, 2.75) is 37.2 Å². The van der Waals surface area contributed by atoms with Gasteiger partial charge in [0.1, 0.15) is 5.82 Å². The summed E-state index contributed by atoms with van der Waals surface area (Å²) < 4.78 is 18.5. The SMILES string of the molecule is COC1CCCCC1(C(N)=O)c1ccc(F)cc1. The van der Waals surface area contributed by atoms with Gasteiger partial charge < -0.3 is 10.5 Å². The summed E-state index contributed by atoms with van der Waals surface area (Å²) in [4.78, 5) is 12.0. The predicted octanol–water partition coefficient (Wildman–Crippen LogP) is 2.14. The summed E-state index contributed by atoms with van der Waals surface area (Å²) in [5.74, 6) is -0.705. The minimum absolute atomic E-state index is 0.228. The van der Waals surface area contributed by atoms with Gasteiger partial charge in [0.05, 0.1) is 11.5 Å². The summed E-state index contributed by atoms with van der Waals surface area (Å²) >= 11 is 0. The average Bonchev–Trinajstić information content (AvgIpc) is 2.39. The molecule has 4 heteroatoms. The fraction of sp³-hybridized carbons (Fsp3) is 0.500. The van der Waals surface area contributed by atoms with Crippen LogP contribution in [0, 0.1) is 5.82 Å². The van der Waals surface area contributed by atoms with Gasteiger partial charge in [0.15, 0.2) is 0 Å². The van der Waals surface area contributed by atoms with E-state index in [9.17, 15) is 9.18 Å². The van der Waals surface area contributed by atoms with Crippen LogP contribution in [0.15, 0.2) is 24.3 Å². The van der Waals surface area contributed by atoms with Gasteiger partial charge in [0.2, 0.25) is 5.91 Å². The molecule has 2 rings (SSSR count). The second-order valence-corrected chi connectivity index (χ2v) is 4.81. The number of nitrogens with two attached hydrogens (primary N) is 1. The first-order valence-corrected chi connectivity index (χ1v) is 6.20. The summed E-state index contributed by atoms with van der Waals surface area (Å²) in [6, 6.07) is 6.00. The number of primary amides is 1. The highest BCUT2D eigenvalue weighted by atomic mass is 19.1. The third-order valence-electron chi connectivity index (χ3n) is 3.92. The van der Waals surface area contributed by atoms with E-state index in [0.29, 0.717) is 6.42 Å². The molecule has 1 aromatic carbocycles. The maximum atomic E-state index is 13.0. The Morgan fingerprint density at radius 1 is 1.39 bits per heavy atom. The van der Waals surface area contributed by atoms with E-state index in [1.165, 1.54) is 12.1 Å². The Kier molecular flexibility index (Phi) is 3.66. The Hall–Kier alpha value is -1.42. The molecule has 1 saturated carbocycles. The number of methoxy groups -OCH3 is 1. The van der Waals surface area contributed by atoms with Crippen molar-refractivity contribution in [3.05, 3.63) is 35.6 Å². The number of carbonyl (C=O) groups is 1. The molecule has 2 unspecified atom stereocenters. The molecule has 1 fully saturated rings. The molecule has 3 nitrogen and oxygen atoms in total. The normalized spacial score (nSPS) is 28.0. The smallest absolute Gasteiger partial charge is 0.230 e. The van der Waals surface area contributed by atoms with Crippen molar-refractivity contribution in [3.8, 4) is 0 Å². The maximum absolute atomic E-state index is 13.0. The third-order valence-corrected chi connectivity index (χ3v) is 3.92. The lowest BCUT2D eigenvalue weighted by atomic mass is 9.67. The quantitative estimate of drug-likeness (QED) is 0.894. The number of halogens is 1. The van der Waals surface area contributed by atoms with Gasteiger partial charge in [0.25, 0.3) is 0 Å². The van der Waals surface area contributed by atoms with Gasteiger partial charge in [-0.2, -0.15) is 0 Å². The molecule has 0 aliphatic heterocycles. The lowest BCUT2D eigenvalue weighted by Gasteiger charge is -2.41. The highest BCUT2D eigenvalue weighted by Gasteiger charge is 2.47. The van der Waals surface area contributed by atoms with Gasteiger partial charge in [0, 0.05) is 7.11 Å². The standard InChI is InChI=1S/C14H18FNO2/c1-18-12-4-2-3-9-14(12,13(16)17)10-5-7-11(15)8-6-10/h5-8,12H,2-4,9H2,1H3,(H2,16,17). The molecule has 0 heterocycles. The maximum Gasteiger partial charge on any atom is 0.230 e. The molecule has 0 radical (unpaired) electrons. The number of benzene rings is 1. The molecule has 98 valence electrons. The van der Waals surface area contributed by atoms with Gasteiger partial charge in [-0.1, -0.05) is 25.0 Å². The van der Waals surface area contributed by atoms with Crippen LogP contribution in [0.4, 0.5) is 4.39 Å². The molecule has 18 heavy (non-hydrogen) atoms. The number of carbonyl (C=O) groups excluding carboxylic acids is 1. The summed E-state index contributed by atoms with van der Waals surface area (Å²) in [6.07, 6.45) is 3.19. The molecule has 0 saturated heterocycles. The van der Waals surface area contributed by atoms with Crippen LogP contribution in [0.5, 0.6) is 0 Å². The van der Waals surface area contributed by atoms with Crippen molar-refractivity contribution < 1.29 is 13.9 Å². The Balaban J connectivity index is 2.48. The van der Waals surface area contributed by atoms with E-state index >= 15 is 0 Å². The predicted molar refractivity (Wildman–Crippen MR) is 66.5 cm³/mol. The van der Waals surface area contributed by atoms with Crippen LogP contribution in [-0.4, -0.2) is 19.1 Å². The van der Waals surface area contributed by atoms with E-state index in [0.717, 1.165) is 24.8 Å². The molecule has 2 atom stereocenters. The molecule has 1 aromatic rings. The molecular weight excluding hydrogens is 233 g/mol. The van der Waals surface area contributed by atoms with E-state index in [1.54, 1.807) is 19.2 Å². The second-order valence-electron chi connectivity index (χ2n) is 4.81. The number of rotatable bonds is 3. The van der Waals surface area contributed by atoms with Crippen LogP contribution in [0.2, 0.25) is 0 Å². The third kappa shape index (κ3) is 2.01. The van der Waals surface area contributed by atoms with E-state index in [4.69, 9.17) is 10.5 Å². The topological polar surface area (TPSA) is 52.3 Å². The second kappa shape index (κ2) is 5.06. The zero-order valence-electron chi connectivity index (χ0n) is 10.5. The van der Waals surface area contributed by atoms with Gasteiger partial charge in [-0.25, -0.2) is 4.39 Å². The average molecular weight is 251 g/mol. The van der Waals surface area contributed by atoms with Crippen molar-refractivity contribution in [1.29, 1.82) is 0 Å². The van der Waals surface area contributed by atoms with Crippen molar-refractivity contribution in [1.82, 2.24) is 0 Å². The summed E-state index contributed by atoms with van der Waals surface area (Å²) in [5, 5.41) is 0. The van der Waals surface area contributed by atoms with E-state index in [1.807, 2.05) is 0 Å². The minimum atomic E-state index is -0.819. The Morgan fingerprint density at radius 2 is 2.06 bits per heavy atom. The van der Waals surface area contributed by atoms with Crippen LogP contribution in [0.25, 0.3) is 0 Å².